The van der Waals surface area contributed by atoms with E-state index in [9.17, 15) is 14.7 Å². The number of aliphatic hydroxyl groups excluding tert-OH is 1. The Hall–Kier alpha value is -1.44. The lowest BCUT2D eigenvalue weighted by molar-refractivity contribution is -0.158. The van der Waals surface area contributed by atoms with Crippen LogP contribution in [0.15, 0.2) is 23.8 Å². The predicted molar refractivity (Wildman–Crippen MR) is 164 cm³/mol. The van der Waals surface area contributed by atoms with Crippen LogP contribution in [-0.2, 0) is 18.8 Å². The summed E-state index contributed by atoms with van der Waals surface area (Å²) >= 11 is 0. The predicted octanol–water partition coefficient (Wildman–Crippen LogP) is 6.94. The molecule has 6 nitrogen and oxygen atoms in total. The maximum Gasteiger partial charge on any atom is 0.308 e. The first-order valence-corrected chi connectivity index (χ1v) is 18.8. The first-order chi connectivity index (χ1) is 18.6. The second kappa shape index (κ2) is 13.7. The van der Waals surface area contributed by atoms with Gasteiger partial charge in [0.25, 0.3) is 0 Å². The van der Waals surface area contributed by atoms with E-state index in [2.05, 4.69) is 71.3 Å². The number of hydrogen-bond donors (Lipinski definition) is 2. The molecule has 1 saturated carbocycles. The van der Waals surface area contributed by atoms with Crippen LogP contribution in [0.1, 0.15) is 99.8 Å². The van der Waals surface area contributed by atoms with Crippen LogP contribution in [0, 0.1) is 29.6 Å². The van der Waals surface area contributed by atoms with Gasteiger partial charge in [0.1, 0.15) is 6.10 Å². The number of fused-ring (bicyclic) bond motifs is 1. The van der Waals surface area contributed by atoms with Crippen LogP contribution in [0.2, 0.25) is 18.1 Å². The van der Waals surface area contributed by atoms with Crippen molar-refractivity contribution in [2.75, 3.05) is 0 Å². The Morgan fingerprint density at radius 1 is 1.20 bits per heavy atom. The Morgan fingerprint density at radius 3 is 2.48 bits per heavy atom. The Bertz CT molecular complexity index is 934. The highest BCUT2D eigenvalue weighted by Gasteiger charge is 2.43. The van der Waals surface area contributed by atoms with E-state index in [1.165, 1.54) is 5.57 Å². The van der Waals surface area contributed by atoms with Gasteiger partial charge in [0, 0.05) is 12.0 Å². The van der Waals surface area contributed by atoms with Gasteiger partial charge in [-0.15, -0.1) is 0 Å². The zero-order chi connectivity index (χ0) is 29.8. The molecule has 0 radical (unpaired) electrons. The molecule has 0 heterocycles. The van der Waals surface area contributed by atoms with E-state index in [-0.39, 0.29) is 46.9 Å². The quantitative estimate of drug-likeness (QED) is 0.184. The zero-order valence-corrected chi connectivity index (χ0v) is 27.7. The largest absolute Gasteiger partial charge is 0.461 e. The molecule has 8 atom stereocenters. The average molecular weight is 576 g/mol. The lowest BCUT2D eigenvalue weighted by Gasteiger charge is -2.43. The van der Waals surface area contributed by atoms with E-state index in [1.807, 2.05) is 13.8 Å². The molecule has 0 spiro atoms. The highest BCUT2D eigenvalue weighted by molar-refractivity contribution is 6.74. The van der Waals surface area contributed by atoms with Gasteiger partial charge in [0.05, 0.1) is 24.5 Å². The molecule has 3 aliphatic carbocycles. The summed E-state index contributed by atoms with van der Waals surface area (Å²) in [5, 5.41) is 14.4. The molecule has 2 N–H and O–H groups in total. The fraction of sp³-hybridized carbons (Fsp3) is 0.818. The van der Waals surface area contributed by atoms with E-state index >= 15 is 0 Å². The number of rotatable bonds is 13. The van der Waals surface area contributed by atoms with E-state index in [0.29, 0.717) is 37.1 Å². The number of carbonyl (C=O) groups excluding carboxylic acids is 2. The van der Waals surface area contributed by atoms with Gasteiger partial charge in [-0.05, 0) is 86.4 Å². The summed E-state index contributed by atoms with van der Waals surface area (Å²) in [7, 11) is -2.12. The molecule has 0 saturated heterocycles. The third kappa shape index (κ3) is 9.03. The third-order valence-electron chi connectivity index (χ3n) is 9.87. The molecule has 228 valence electrons. The van der Waals surface area contributed by atoms with E-state index in [0.717, 1.165) is 32.1 Å². The summed E-state index contributed by atoms with van der Waals surface area (Å²) in [6, 6.07) is 0.314. The minimum Gasteiger partial charge on any atom is -0.461 e. The topological polar surface area (TPSA) is 84.9 Å². The van der Waals surface area contributed by atoms with E-state index in [4.69, 9.17) is 9.16 Å². The molecule has 0 aromatic rings. The van der Waals surface area contributed by atoms with Crippen LogP contribution in [0.5, 0.6) is 0 Å². The summed E-state index contributed by atoms with van der Waals surface area (Å²) in [5.74, 6) is 0.956. The molecular weight excluding hydrogens is 518 g/mol. The minimum atomic E-state index is -2.12. The van der Waals surface area contributed by atoms with E-state index < -0.39 is 14.4 Å². The zero-order valence-electron chi connectivity index (χ0n) is 26.7. The molecular formula is C33H57NO5Si. The normalized spacial score (nSPS) is 29.1. The van der Waals surface area contributed by atoms with Crippen molar-refractivity contribution in [3.05, 3.63) is 23.8 Å². The summed E-state index contributed by atoms with van der Waals surface area (Å²) < 4.78 is 12.9. The van der Waals surface area contributed by atoms with Gasteiger partial charge in [-0.2, -0.15) is 0 Å². The first-order valence-electron chi connectivity index (χ1n) is 15.9. The molecule has 3 rings (SSSR count). The molecule has 3 aliphatic rings. The van der Waals surface area contributed by atoms with Crippen molar-refractivity contribution in [3.8, 4) is 0 Å². The number of amides is 1. The van der Waals surface area contributed by atoms with Gasteiger partial charge in [-0.3, -0.25) is 9.59 Å². The fourth-order valence-electron chi connectivity index (χ4n) is 5.95. The molecule has 7 heteroatoms. The second-order valence-corrected chi connectivity index (χ2v) is 19.3. The summed E-state index contributed by atoms with van der Waals surface area (Å²) in [6.45, 7) is 19.4. The fourth-order valence-corrected chi connectivity index (χ4v) is 7.31. The van der Waals surface area contributed by atoms with Crippen LogP contribution in [0.4, 0.5) is 0 Å². The molecule has 1 fully saturated rings. The number of carbonyl (C=O) groups is 2. The maximum absolute atomic E-state index is 12.8. The van der Waals surface area contributed by atoms with Crippen molar-refractivity contribution < 1.29 is 23.9 Å². The highest BCUT2D eigenvalue weighted by atomic mass is 28.4. The highest BCUT2D eigenvalue weighted by Crippen LogP contribution is 2.45. The Morgan fingerprint density at radius 2 is 1.88 bits per heavy atom. The molecule has 8 unspecified atom stereocenters. The smallest absolute Gasteiger partial charge is 0.308 e. The Balaban J connectivity index is 1.69. The van der Waals surface area contributed by atoms with Crippen LogP contribution in [0.3, 0.4) is 0 Å². The van der Waals surface area contributed by atoms with Crippen LogP contribution < -0.4 is 5.32 Å². The Kier molecular flexibility index (Phi) is 11.3. The summed E-state index contributed by atoms with van der Waals surface area (Å²) in [4.78, 5) is 25.5. The van der Waals surface area contributed by atoms with Crippen molar-refractivity contribution in [3.63, 3.8) is 0 Å². The average Bonchev–Trinajstić information content (AvgIpc) is 3.65. The monoisotopic (exact) mass is 575 g/mol. The number of esters is 1. The molecule has 40 heavy (non-hydrogen) atoms. The number of allylic oxidation sites excluding steroid dienone is 3. The molecule has 0 aromatic heterocycles. The van der Waals surface area contributed by atoms with Crippen molar-refractivity contribution in [2.24, 2.45) is 29.6 Å². The summed E-state index contributed by atoms with van der Waals surface area (Å²) in [6.07, 6.45) is 11.8. The number of nitrogens with one attached hydrogen (secondary N) is 1. The van der Waals surface area contributed by atoms with Gasteiger partial charge in [-0.25, -0.2) is 0 Å². The SMILES string of the molecule is CCC(C)C(=O)OC1CC(C)C=C2C=CC(C)C(CCC(O)CC(CC(=O)NC3CC3)O[Si](C)(C)C(C)(C)C)C21. The van der Waals surface area contributed by atoms with Gasteiger partial charge in [0.15, 0.2) is 8.32 Å². The molecule has 1 amide bonds. The van der Waals surface area contributed by atoms with Gasteiger partial charge in [-0.1, -0.05) is 66.7 Å². The first kappa shape index (κ1) is 33.1. The van der Waals surface area contributed by atoms with Crippen molar-refractivity contribution in [1.82, 2.24) is 5.32 Å². The van der Waals surface area contributed by atoms with Crippen LogP contribution >= 0.6 is 0 Å². The van der Waals surface area contributed by atoms with Crippen LogP contribution in [0.25, 0.3) is 0 Å². The third-order valence-corrected chi connectivity index (χ3v) is 14.4. The lowest BCUT2D eigenvalue weighted by Crippen LogP contribution is -2.46. The maximum atomic E-state index is 12.8. The van der Waals surface area contributed by atoms with Crippen molar-refractivity contribution in [2.45, 2.75) is 142 Å². The van der Waals surface area contributed by atoms with Crippen molar-refractivity contribution >= 4 is 20.2 Å². The van der Waals surface area contributed by atoms with E-state index in [1.54, 1.807) is 0 Å². The van der Waals surface area contributed by atoms with Gasteiger partial charge in [0.2, 0.25) is 5.91 Å². The number of aliphatic hydroxyl groups is 1. The molecule has 0 bridgehead atoms. The minimum absolute atomic E-state index is 0.0234. The Labute approximate surface area is 244 Å². The molecule has 0 aliphatic heterocycles. The van der Waals surface area contributed by atoms with Crippen LogP contribution in [-0.4, -0.2) is 49.7 Å². The number of hydrogen-bond acceptors (Lipinski definition) is 5. The summed E-state index contributed by atoms with van der Waals surface area (Å²) in [5.41, 5.74) is 1.27. The standard InChI is InChI=1S/C33H57NO5Si/c1-10-22(3)32(37)38-29-18-21(2)17-24-12-11-23(4)28(31(24)29)16-15-26(35)19-27(20-30(36)34-25-13-14-25)39-40(8,9)33(5,6)7/h11-12,17,21-23,25-29,31,35H,10,13-16,18-20H2,1-9H3,(H,34,36). The van der Waals surface area contributed by atoms with Gasteiger partial charge < -0.3 is 19.6 Å². The lowest BCUT2D eigenvalue weighted by atomic mass is 9.65. The van der Waals surface area contributed by atoms with Gasteiger partial charge >= 0.3 is 5.97 Å². The molecule has 0 aromatic carbocycles. The number of ether oxygens (including phenoxy) is 1. The van der Waals surface area contributed by atoms with Crippen molar-refractivity contribution in [1.29, 1.82) is 0 Å². The second-order valence-electron chi connectivity index (χ2n) is 14.6.